The SMILES string of the molecule is O=C(c1ccccc1)c1ccc(N2C(=O)C3CC=C4C(CC5C(=O)N(Nc6ccc(F)cc6)C(=O)C5(c5ccc(Cl)cc5)C4c4ccc(O)c(F)c4)C3C2=O)cc1. The number of amides is 4. The van der Waals surface area contributed by atoms with Crippen molar-refractivity contribution in [2.24, 2.45) is 23.7 Å². The van der Waals surface area contributed by atoms with Crippen LogP contribution in [-0.2, 0) is 24.6 Å². The average Bonchev–Trinajstić information content (AvgIpc) is 3.60. The van der Waals surface area contributed by atoms with Crippen LogP contribution in [-0.4, -0.2) is 39.5 Å². The molecule has 0 radical (unpaired) electrons. The van der Waals surface area contributed by atoms with Gasteiger partial charge in [0.05, 0.1) is 34.5 Å². The highest BCUT2D eigenvalue weighted by atomic mass is 35.5. The molecule has 3 fully saturated rings. The summed E-state index contributed by atoms with van der Waals surface area (Å²) in [5.74, 6) is -9.16. The van der Waals surface area contributed by atoms with Crippen LogP contribution in [0, 0.1) is 35.3 Å². The molecule has 6 atom stereocenters. The first kappa shape index (κ1) is 36.2. The third-order valence-corrected chi connectivity index (χ3v) is 12.2. The molecule has 5 aromatic rings. The number of anilines is 2. The van der Waals surface area contributed by atoms with Crippen LogP contribution in [0.4, 0.5) is 20.2 Å². The maximum Gasteiger partial charge on any atom is 0.260 e. The predicted molar refractivity (Wildman–Crippen MR) is 206 cm³/mol. The molecule has 4 amide bonds. The van der Waals surface area contributed by atoms with Gasteiger partial charge in [-0.25, -0.2) is 8.78 Å². The van der Waals surface area contributed by atoms with Crippen molar-refractivity contribution in [3.63, 3.8) is 0 Å². The number of hydrazine groups is 1. The van der Waals surface area contributed by atoms with E-state index in [1.807, 2.05) is 6.08 Å². The molecule has 57 heavy (non-hydrogen) atoms. The van der Waals surface area contributed by atoms with Gasteiger partial charge in [-0.3, -0.25) is 34.3 Å². The lowest BCUT2D eigenvalue weighted by atomic mass is 9.49. The number of aromatic hydroxyl groups is 1. The first-order chi connectivity index (χ1) is 27.5. The number of hydrogen-bond acceptors (Lipinski definition) is 7. The van der Waals surface area contributed by atoms with E-state index in [0.29, 0.717) is 27.3 Å². The van der Waals surface area contributed by atoms with Gasteiger partial charge in [0.1, 0.15) is 5.82 Å². The number of rotatable bonds is 7. The van der Waals surface area contributed by atoms with Gasteiger partial charge in [-0.2, -0.15) is 5.01 Å². The quantitative estimate of drug-likeness (QED) is 0.0984. The summed E-state index contributed by atoms with van der Waals surface area (Å²) in [6, 6.07) is 30.4. The molecule has 2 saturated heterocycles. The zero-order valence-electron chi connectivity index (χ0n) is 29.9. The summed E-state index contributed by atoms with van der Waals surface area (Å²) >= 11 is 6.33. The lowest BCUT2D eigenvalue weighted by molar-refractivity contribution is -0.138. The Morgan fingerprint density at radius 3 is 2.14 bits per heavy atom. The molecule has 1 saturated carbocycles. The standard InChI is InChI=1S/C45H32ClF2N3O6/c46-28-11-9-27(10-12-28)45-35(42(55)51(44(45)57)49-30-15-13-29(47)14-16-30)23-34-32(39(45)26-8-21-37(52)36(48)22-26)19-20-33-38(34)43(56)50(41(33)54)31-17-6-25(7-18-31)40(53)24-4-2-1-3-5-24/h1-19,21-22,33-35,38-39,49,52H,20,23H2. The smallest absolute Gasteiger partial charge is 0.260 e. The van der Waals surface area contributed by atoms with Crippen LogP contribution in [0.1, 0.15) is 45.8 Å². The van der Waals surface area contributed by atoms with E-state index in [-0.39, 0.29) is 35.6 Å². The number of nitrogens with zero attached hydrogens (tertiary/aromatic N) is 2. The van der Waals surface area contributed by atoms with Crippen molar-refractivity contribution in [2.45, 2.75) is 24.2 Å². The minimum absolute atomic E-state index is 0.0176. The van der Waals surface area contributed by atoms with Gasteiger partial charge in [0.2, 0.25) is 11.8 Å². The van der Waals surface area contributed by atoms with Gasteiger partial charge in [-0.1, -0.05) is 71.8 Å². The normalized spacial score (nSPS) is 25.2. The fourth-order valence-electron chi connectivity index (χ4n) is 9.51. The molecular weight excluding hydrogens is 752 g/mol. The van der Waals surface area contributed by atoms with Crippen LogP contribution in [0.2, 0.25) is 5.02 Å². The molecule has 2 heterocycles. The van der Waals surface area contributed by atoms with Gasteiger partial charge in [0.15, 0.2) is 17.3 Å². The van der Waals surface area contributed by atoms with Gasteiger partial charge in [-0.15, -0.1) is 0 Å². The Kier molecular flexibility index (Phi) is 8.65. The fraction of sp³-hybridized carbons (Fsp3) is 0.178. The fourth-order valence-corrected chi connectivity index (χ4v) is 9.63. The summed E-state index contributed by atoms with van der Waals surface area (Å²) in [5, 5.41) is 11.5. The number of carbonyl (C=O) groups is 5. The van der Waals surface area contributed by atoms with E-state index in [9.17, 15) is 28.7 Å². The molecule has 284 valence electrons. The number of fused-ring (bicyclic) bond motifs is 4. The number of ketones is 1. The van der Waals surface area contributed by atoms with Crippen LogP contribution in [0.25, 0.3) is 0 Å². The Hall–Kier alpha value is -6.46. The van der Waals surface area contributed by atoms with E-state index in [1.165, 1.54) is 36.4 Å². The molecule has 2 N–H and O–H groups in total. The van der Waals surface area contributed by atoms with E-state index >= 15 is 9.18 Å². The zero-order valence-corrected chi connectivity index (χ0v) is 30.7. The van der Waals surface area contributed by atoms with E-state index in [4.69, 9.17) is 11.6 Å². The number of imide groups is 2. The van der Waals surface area contributed by atoms with Crippen molar-refractivity contribution in [1.29, 1.82) is 0 Å². The van der Waals surface area contributed by atoms with E-state index in [2.05, 4.69) is 5.43 Å². The van der Waals surface area contributed by atoms with Gasteiger partial charge in [-0.05, 0) is 103 Å². The molecule has 2 aliphatic carbocycles. The minimum Gasteiger partial charge on any atom is -0.505 e. The van der Waals surface area contributed by atoms with Crippen molar-refractivity contribution in [3.05, 3.63) is 172 Å². The topological polar surface area (TPSA) is 124 Å². The van der Waals surface area contributed by atoms with Crippen molar-refractivity contribution < 1.29 is 37.9 Å². The Morgan fingerprint density at radius 2 is 1.46 bits per heavy atom. The third kappa shape index (κ3) is 5.59. The predicted octanol–water partition coefficient (Wildman–Crippen LogP) is 7.74. The lowest BCUT2D eigenvalue weighted by Gasteiger charge is -2.50. The summed E-state index contributed by atoms with van der Waals surface area (Å²) in [7, 11) is 0. The number of phenols is 1. The molecule has 2 aliphatic heterocycles. The number of benzene rings is 5. The zero-order chi connectivity index (χ0) is 39.7. The Balaban J connectivity index is 1.15. The monoisotopic (exact) mass is 783 g/mol. The molecule has 9 rings (SSSR count). The highest BCUT2D eigenvalue weighted by Gasteiger charge is 2.70. The van der Waals surface area contributed by atoms with Crippen molar-refractivity contribution in [1.82, 2.24) is 5.01 Å². The largest absolute Gasteiger partial charge is 0.505 e. The molecule has 12 heteroatoms. The summed E-state index contributed by atoms with van der Waals surface area (Å²) in [6.45, 7) is 0. The van der Waals surface area contributed by atoms with Crippen LogP contribution < -0.4 is 10.3 Å². The highest BCUT2D eigenvalue weighted by molar-refractivity contribution is 6.30. The van der Waals surface area contributed by atoms with Gasteiger partial charge >= 0.3 is 0 Å². The van der Waals surface area contributed by atoms with Gasteiger partial charge < -0.3 is 5.11 Å². The lowest BCUT2D eigenvalue weighted by Crippen LogP contribution is -2.53. The maximum atomic E-state index is 15.4. The number of allylic oxidation sites excluding steroid dienone is 2. The number of phenolic OH excluding ortho intramolecular Hbond substituents is 1. The Bertz CT molecular complexity index is 2530. The van der Waals surface area contributed by atoms with Crippen molar-refractivity contribution >= 4 is 52.4 Å². The molecular formula is C45H32ClF2N3O6. The molecule has 5 aromatic carbocycles. The minimum atomic E-state index is -1.71. The number of nitrogens with one attached hydrogen (secondary N) is 1. The van der Waals surface area contributed by atoms with Crippen LogP contribution in [0.3, 0.4) is 0 Å². The number of halogens is 3. The highest BCUT2D eigenvalue weighted by Crippen LogP contribution is 2.64. The Morgan fingerprint density at radius 1 is 0.772 bits per heavy atom. The number of hydrogen-bond donors (Lipinski definition) is 2. The summed E-state index contributed by atoms with van der Waals surface area (Å²) < 4.78 is 29.3. The second kappa shape index (κ2) is 13.6. The van der Waals surface area contributed by atoms with Crippen LogP contribution in [0.5, 0.6) is 5.75 Å². The maximum absolute atomic E-state index is 15.4. The van der Waals surface area contributed by atoms with E-state index in [0.717, 1.165) is 16.0 Å². The molecule has 4 aliphatic rings. The molecule has 0 aromatic heterocycles. The van der Waals surface area contributed by atoms with Crippen molar-refractivity contribution in [2.75, 3.05) is 10.3 Å². The van der Waals surface area contributed by atoms with E-state index < -0.39 is 76.0 Å². The second-order valence-electron chi connectivity index (χ2n) is 14.8. The second-order valence-corrected chi connectivity index (χ2v) is 15.3. The van der Waals surface area contributed by atoms with Gasteiger partial charge in [0.25, 0.3) is 11.8 Å². The summed E-state index contributed by atoms with van der Waals surface area (Å²) in [6.07, 6.45) is 1.94. The third-order valence-electron chi connectivity index (χ3n) is 12.0. The first-order valence-corrected chi connectivity index (χ1v) is 18.8. The summed E-state index contributed by atoms with van der Waals surface area (Å²) in [4.78, 5) is 73.0. The first-order valence-electron chi connectivity index (χ1n) is 18.4. The summed E-state index contributed by atoms with van der Waals surface area (Å²) in [5.41, 5.74) is 3.86. The van der Waals surface area contributed by atoms with E-state index in [1.54, 1.807) is 78.9 Å². The molecule has 0 spiro atoms. The van der Waals surface area contributed by atoms with Gasteiger partial charge in [0, 0.05) is 22.1 Å². The molecule has 9 nitrogen and oxygen atoms in total. The number of carbonyl (C=O) groups excluding carboxylic acids is 5. The average molecular weight is 784 g/mol. The van der Waals surface area contributed by atoms with Crippen LogP contribution >= 0.6 is 11.6 Å². The molecule has 0 bridgehead atoms. The Labute approximate surface area is 330 Å². The van der Waals surface area contributed by atoms with Crippen molar-refractivity contribution in [3.8, 4) is 5.75 Å². The molecule has 6 unspecified atom stereocenters. The van der Waals surface area contributed by atoms with Crippen LogP contribution in [0.15, 0.2) is 133 Å².